The third kappa shape index (κ3) is 4.15. The summed E-state index contributed by atoms with van der Waals surface area (Å²) in [6, 6.07) is 4.09. The number of amides is 3. The van der Waals surface area contributed by atoms with Crippen molar-refractivity contribution in [2.75, 3.05) is 7.11 Å². The number of ether oxygens (including phenoxy) is 1. The average Bonchev–Trinajstić information content (AvgIpc) is 2.37. The van der Waals surface area contributed by atoms with Crippen molar-refractivity contribution >= 4 is 11.9 Å². The number of rotatable bonds is 5. The summed E-state index contributed by atoms with van der Waals surface area (Å²) in [7, 11) is 1.58. The summed E-state index contributed by atoms with van der Waals surface area (Å²) in [6.45, 7) is 5.39. The fourth-order valence-corrected chi connectivity index (χ4v) is 1.89. The molecule has 0 spiro atoms. The Bertz CT molecular complexity index is 502. The van der Waals surface area contributed by atoms with E-state index >= 15 is 0 Å². The molecule has 0 saturated heterocycles. The number of carbonyl (C=O) groups excluding carboxylic acids is 2. The highest BCUT2D eigenvalue weighted by Crippen LogP contribution is 2.25. The van der Waals surface area contributed by atoms with Crippen LogP contribution >= 0.6 is 0 Å². The highest BCUT2D eigenvalue weighted by Gasteiger charge is 2.19. The van der Waals surface area contributed by atoms with Gasteiger partial charge in [0.05, 0.1) is 13.2 Å². The molecule has 0 heterocycles. The zero-order chi connectivity index (χ0) is 15.3. The summed E-state index contributed by atoms with van der Waals surface area (Å²) in [4.78, 5) is 22.7. The molecule has 0 fully saturated rings. The Kier molecular flexibility index (Phi) is 5.37. The maximum absolute atomic E-state index is 11.9. The van der Waals surface area contributed by atoms with Gasteiger partial charge in [-0.05, 0) is 26.8 Å². The average molecular weight is 279 g/mol. The van der Waals surface area contributed by atoms with Gasteiger partial charge < -0.3 is 21.1 Å². The molecule has 6 nitrogen and oxygen atoms in total. The van der Waals surface area contributed by atoms with Crippen LogP contribution in [0.2, 0.25) is 0 Å². The first kappa shape index (κ1) is 15.8. The molecule has 20 heavy (non-hydrogen) atoms. The van der Waals surface area contributed by atoms with Crippen LogP contribution < -0.4 is 21.1 Å². The highest BCUT2D eigenvalue weighted by molar-refractivity contribution is 5.86. The number of nitrogens with one attached hydrogen (secondary N) is 2. The Labute approximate surface area is 118 Å². The van der Waals surface area contributed by atoms with Crippen molar-refractivity contribution in [3.63, 3.8) is 0 Å². The Morgan fingerprint density at radius 2 is 1.90 bits per heavy atom. The minimum absolute atomic E-state index is 0.241. The zero-order valence-corrected chi connectivity index (χ0v) is 12.2. The minimum atomic E-state index is -0.728. The van der Waals surface area contributed by atoms with E-state index in [1.807, 2.05) is 32.0 Å². The Morgan fingerprint density at radius 1 is 1.25 bits per heavy atom. The van der Waals surface area contributed by atoms with E-state index in [-0.39, 0.29) is 11.9 Å². The van der Waals surface area contributed by atoms with E-state index in [9.17, 15) is 9.59 Å². The monoisotopic (exact) mass is 279 g/mol. The Hall–Kier alpha value is -2.24. The number of hydrogen-bond donors (Lipinski definition) is 3. The van der Waals surface area contributed by atoms with Gasteiger partial charge in [0.25, 0.3) is 0 Å². The molecule has 0 aliphatic rings. The molecular formula is C14H21N3O3. The van der Waals surface area contributed by atoms with E-state index < -0.39 is 12.1 Å². The molecule has 3 amide bonds. The van der Waals surface area contributed by atoms with Crippen LogP contribution in [-0.4, -0.2) is 25.1 Å². The standard InChI is InChI=1S/C14H21N3O3/c1-8-5-6-12(20-4)11(7-8)9(2)16-13(18)10(3)17-14(15)19/h5-7,9-10H,1-4H3,(H,16,18)(H3,15,17,19). The van der Waals surface area contributed by atoms with E-state index in [4.69, 9.17) is 10.5 Å². The van der Waals surface area contributed by atoms with E-state index in [0.29, 0.717) is 5.75 Å². The summed E-state index contributed by atoms with van der Waals surface area (Å²) in [5.74, 6) is 0.402. The summed E-state index contributed by atoms with van der Waals surface area (Å²) < 4.78 is 5.29. The number of benzene rings is 1. The first-order valence-corrected chi connectivity index (χ1v) is 6.36. The summed E-state index contributed by atoms with van der Waals surface area (Å²) >= 11 is 0. The zero-order valence-electron chi connectivity index (χ0n) is 12.2. The number of methoxy groups -OCH3 is 1. The molecule has 0 bridgehead atoms. The van der Waals surface area contributed by atoms with Crippen molar-refractivity contribution in [2.24, 2.45) is 5.73 Å². The van der Waals surface area contributed by atoms with Crippen LogP contribution in [0.1, 0.15) is 31.0 Å². The first-order chi connectivity index (χ1) is 9.35. The quantitative estimate of drug-likeness (QED) is 0.757. The molecule has 1 rings (SSSR count). The number of hydrogen-bond acceptors (Lipinski definition) is 3. The molecular weight excluding hydrogens is 258 g/mol. The van der Waals surface area contributed by atoms with Crippen molar-refractivity contribution in [1.82, 2.24) is 10.6 Å². The molecule has 0 aliphatic heterocycles. The maximum atomic E-state index is 11.9. The smallest absolute Gasteiger partial charge is 0.312 e. The predicted octanol–water partition coefficient (Wildman–Crippen LogP) is 1.24. The van der Waals surface area contributed by atoms with Gasteiger partial charge in [-0.3, -0.25) is 4.79 Å². The van der Waals surface area contributed by atoms with Crippen molar-refractivity contribution in [2.45, 2.75) is 32.9 Å². The normalized spacial score (nSPS) is 13.2. The molecule has 6 heteroatoms. The van der Waals surface area contributed by atoms with Crippen molar-refractivity contribution < 1.29 is 14.3 Å². The van der Waals surface area contributed by atoms with Crippen LogP contribution in [0.15, 0.2) is 18.2 Å². The molecule has 0 aromatic heterocycles. The first-order valence-electron chi connectivity index (χ1n) is 6.36. The third-order valence-electron chi connectivity index (χ3n) is 2.96. The van der Waals surface area contributed by atoms with Crippen LogP contribution in [0.4, 0.5) is 4.79 Å². The highest BCUT2D eigenvalue weighted by atomic mass is 16.5. The van der Waals surface area contributed by atoms with Crippen LogP contribution in [-0.2, 0) is 4.79 Å². The lowest BCUT2D eigenvalue weighted by atomic mass is 10.0. The Balaban J connectivity index is 2.80. The SMILES string of the molecule is COc1ccc(C)cc1C(C)NC(=O)C(C)NC(N)=O. The molecule has 2 atom stereocenters. The summed E-state index contributed by atoms with van der Waals surface area (Å²) in [6.07, 6.45) is 0. The molecule has 0 aliphatic carbocycles. The molecule has 0 saturated carbocycles. The van der Waals surface area contributed by atoms with Gasteiger partial charge in [0.15, 0.2) is 0 Å². The molecule has 1 aromatic rings. The number of aryl methyl sites for hydroxylation is 1. The van der Waals surface area contributed by atoms with Gasteiger partial charge in [0.2, 0.25) is 5.91 Å². The van der Waals surface area contributed by atoms with Crippen LogP contribution in [0.5, 0.6) is 5.75 Å². The predicted molar refractivity (Wildman–Crippen MR) is 76.5 cm³/mol. The molecule has 0 radical (unpaired) electrons. The lowest BCUT2D eigenvalue weighted by Gasteiger charge is -2.20. The van der Waals surface area contributed by atoms with Gasteiger partial charge in [-0.15, -0.1) is 0 Å². The second kappa shape index (κ2) is 6.79. The van der Waals surface area contributed by atoms with Gasteiger partial charge in [-0.2, -0.15) is 0 Å². The molecule has 110 valence electrons. The van der Waals surface area contributed by atoms with E-state index in [1.54, 1.807) is 14.0 Å². The maximum Gasteiger partial charge on any atom is 0.312 e. The lowest BCUT2D eigenvalue weighted by Crippen LogP contribution is -2.47. The van der Waals surface area contributed by atoms with Crippen molar-refractivity contribution in [3.8, 4) is 5.75 Å². The summed E-state index contributed by atoms with van der Waals surface area (Å²) in [5, 5.41) is 5.15. The van der Waals surface area contributed by atoms with Gasteiger partial charge in [0.1, 0.15) is 11.8 Å². The van der Waals surface area contributed by atoms with E-state index in [2.05, 4.69) is 10.6 Å². The van der Waals surface area contributed by atoms with Gasteiger partial charge in [0, 0.05) is 5.56 Å². The van der Waals surface area contributed by atoms with Gasteiger partial charge in [-0.25, -0.2) is 4.79 Å². The fraction of sp³-hybridized carbons (Fsp3) is 0.429. The Morgan fingerprint density at radius 3 is 2.45 bits per heavy atom. The summed E-state index contributed by atoms with van der Waals surface area (Å²) in [5.41, 5.74) is 6.94. The van der Waals surface area contributed by atoms with Crippen molar-refractivity contribution in [3.05, 3.63) is 29.3 Å². The second-order valence-corrected chi connectivity index (χ2v) is 4.71. The molecule has 1 aromatic carbocycles. The third-order valence-corrected chi connectivity index (χ3v) is 2.96. The van der Waals surface area contributed by atoms with E-state index in [1.165, 1.54) is 0 Å². The van der Waals surface area contributed by atoms with Crippen LogP contribution in [0.25, 0.3) is 0 Å². The largest absolute Gasteiger partial charge is 0.496 e. The molecule has 2 unspecified atom stereocenters. The number of nitrogens with two attached hydrogens (primary N) is 1. The van der Waals surface area contributed by atoms with Gasteiger partial charge >= 0.3 is 6.03 Å². The lowest BCUT2D eigenvalue weighted by molar-refractivity contribution is -0.123. The molecule has 4 N–H and O–H groups in total. The second-order valence-electron chi connectivity index (χ2n) is 4.71. The van der Waals surface area contributed by atoms with Crippen LogP contribution in [0, 0.1) is 6.92 Å². The fourth-order valence-electron chi connectivity index (χ4n) is 1.89. The number of primary amides is 1. The number of urea groups is 1. The minimum Gasteiger partial charge on any atom is -0.496 e. The number of carbonyl (C=O) groups is 2. The van der Waals surface area contributed by atoms with Gasteiger partial charge in [-0.1, -0.05) is 17.7 Å². The van der Waals surface area contributed by atoms with Crippen molar-refractivity contribution in [1.29, 1.82) is 0 Å². The van der Waals surface area contributed by atoms with Crippen LogP contribution in [0.3, 0.4) is 0 Å². The van der Waals surface area contributed by atoms with E-state index in [0.717, 1.165) is 11.1 Å². The topological polar surface area (TPSA) is 93.4 Å².